The van der Waals surface area contributed by atoms with E-state index in [1.807, 2.05) is 12.5 Å². The summed E-state index contributed by atoms with van der Waals surface area (Å²) in [5, 5.41) is 13.9. The largest absolute Gasteiger partial charge is 0.303 e. The number of tetrazole rings is 1. The number of pyridine rings is 1. The van der Waals surface area contributed by atoms with E-state index in [-0.39, 0.29) is 12.4 Å². The molecule has 0 unspecified atom stereocenters. The molecule has 0 aliphatic rings. The molecule has 0 aliphatic carbocycles. The molecule has 0 atom stereocenters. The number of hydrogen-bond donors (Lipinski definition) is 1. The van der Waals surface area contributed by atoms with Crippen LogP contribution < -0.4 is 0 Å². The summed E-state index contributed by atoms with van der Waals surface area (Å²) in [5.41, 5.74) is 2.47. The van der Waals surface area contributed by atoms with Crippen LogP contribution in [0, 0.1) is 0 Å². The summed E-state index contributed by atoms with van der Waals surface area (Å²) < 4.78 is 2.15. The number of nitrogens with one attached hydrogen (secondary N) is 1. The van der Waals surface area contributed by atoms with Gasteiger partial charge in [-0.05, 0) is 31.4 Å². The van der Waals surface area contributed by atoms with Crippen LogP contribution in [-0.4, -0.2) is 30.0 Å². The molecule has 0 bridgehead atoms. The monoisotopic (exact) mass is 292 g/mol. The Hall–Kier alpha value is -1.95. The van der Waals surface area contributed by atoms with Gasteiger partial charge in [0.25, 0.3) is 0 Å². The number of aryl methyl sites for hydroxylation is 2. The zero-order chi connectivity index (χ0) is 12.9. The van der Waals surface area contributed by atoms with Gasteiger partial charge < -0.3 is 4.40 Å². The average molecular weight is 293 g/mol. The Labute approximate surface area is 123 Å². The minimum atomic E-state index is 0. The maximum Gasteiger partial charge on any atom is 0.174 e. The molecule has 3 aromatic rings. The normalized spacial score (nSPS) is 10.6. The van der Waals surface area contributed by atoms with Gasteiger partial charge in [-0.3, -0.25) is 0 Å². The zero-order valence-electron chi connectivity index (χ0n) is 11.1. The van der Waals surface area contributed by atoms with Gasteiger partial charge in [0.15, 0.2) is 5.82 Å². The molecule has 0 aliphatic heterocycles. The van der Waals surface area contributed by atoms with E-state index in [9.17, 15) is 0 Å². The van der Waals surface area contributed by atoms with Gasteiger partial charge in [-0.1, -0.05) is 17.7 Å². The van der Waals surface area contributed by atoms with Gasteiger partial charge in [0.2, 0.25) is 0 Å². The molecule has 0 amide bonds. The maximum atomic E-state index is 4.18. The highest BCUT2D eigenvalue weighted by atomic mass is 35.5. The van der Waals surface area contributed by atoms with Crippen LogP contribution >= 0.6 is 12.4 Å². The highest BCUT2D eigenvalue weighted by Crippen LogP contribution is 2.11. The Morgan fingerprint density at radius 2 is 2.00 bits per heavy atom. The van der Waals surface area contributed by atoms with Gasteiger partial charge in [0, 0.05) is 12.1 Å². The smallest absolute Gasteiger partial charge is 0.174 e. The van der Waals surface area contributed by atoms with Crippen LogP contribution in [0.1, 0.15) is 30.8 Å². The summed E-state index contributed by atoms with van der Waals surface area (Å²) in [6.07, 6.45) is 9.16. The van der Waals surface area contributed by atoms with Crippen molar-refractivity contribution in [2.75, 3.05) is 0 Å². The summed E-state index contributed by atoms with van der Waals surface area (Å²) in [7, 11) is 0. The van der Waals surface area contributed by atoms with Crippen LogP contribution in [0.15, 0.2) is 30.7 Å². The quantitative estimate of drug-likeness (QED) is 0.707. The molecule has 3 rings (SSSR count). The highest BCUT2D eigenvalue weighted by Gasteiger charge is 2.01. The first-order valence-corrected chi connectivity index (χ1v) is 6.56. The second-order valence-corrected chi connectivity index (χ2v) is 4.59. The van der Waals surface area contributed by atoms with E-state index in [1.165, 1.54) is 12.1 Å². The van der Waals surface area contributed by atoms with Gasteiger partial charge in [-0.15, -0.1) is 22.6 Å². The summed E-state index contributed by atoms with van der Waals surface area (Å²) in [6.45, 7) is 0. The van der Waals surface area contributed by atoms with Crippen LogP contribution in [0.25, 0.3) is 5.52 Å². The number of imidazole rings is 1. The van der Waals surface area contributed by atoms with Crippen molar-refractivity contribution in [1.82, 2.24) is 30.0 Å². The second-order valence-electron chi connectivity index (χ2n) is 4.59. The van der Waals surface area contributed by atoms with E-state index in [2.05, 4.69) is 48.2 Å². The minimum absolute atomic E-state index is 0. The van der Waals surface area contributed by atoms with Crippen molar-refractivity contribution < 1.29 is 0 Å². The van der Waals surface area contributed by atoms with Crippen LogP contribution in [0.4, 0.5) is 0 Å². The lowest BCUT2D eigenvalue weighted by molar-refractivity contribution is 0.654. The Morgan fingerprint density at radius 1 is 1.10 bits per heavy atom. The number of unbranched alkanes of at least 4 members (excludes halogenated alkanes) is 2. The van der Waals surface area contributed by atoms with Gasteiger partial charge >= 0.3 is 0 Å². The number of aromatic amines is 1. The average Bonchev–Trinajstić information content (AvgIpc) is 3.09. The van der Waals surface area contributed by atoms with E-state index >= 15 is 0 Å². The third-order valence-corrected chi connectivity index (χ3v) is 3.25. The van der Waals surface area contributed by atoms with Crippen molar-refractivity contribution in [3.05, 3.63) is 42.2 Å². The molecule has 0 radical (unpaired) electrons. The molecule has 6 nitrogen and oxygen atoms in total. The minimum Gasteiger partial charge on any atom is -0.303 e. The summed E-state index contributed by atoms with van der Waals surface area (Å²) >= 11 is 0. The Morgan fingerprint density at radius 3 is 2.85 bits per heavy atom. The second kappa shape index (κ2) is 7.00. The highest BCUT2D eigenvalue weighted by molar-refractivity contribution is 5.85. The van der Waals surface area contributed by atoms with E-state index in [1.54, 1.807) is 0 Å². The Bertz CT molecular complexity index is 633. The molecular formula is C13H17ClN6. The van der Waals surface area contributed by atoms with Gasteiger partial charge in [-0.25, -0.2) is 4.98 Å². The molecule has 3 aromatic heterocycles. The Balaban J connectivity index is 0.00000147. The SMILES string of the molecule is Cl.c1cc(CCCCCc2nn[nH]n2)n2cncc2c1. The van der Waals surface area contributed by atoms with E-state index in [4.69, 9.17) is 0 Å². The first kappa shape index (κ1) is 14.5. The zero-order valence-corrected chi connectivity index (χ0v) is 11.9. The van der Waals surface area contributed by atoms with Crippen LogP contribution in [0.3, 0.4) is 0 Å². The molecular weight excluding hydrogens is 276 g/mol. The fourth-order valence-electron chi connectivity index (χ4n) is 2.26. The molecule has 0 saturated heterocycles. The molecule has 1 N–H and O–H groups in total. The van der Waals surface area contributed by atoms with Gasteiger partial charge in [0.1, 0.15) is 0 Å². The van der Waals surface area contributed by atoms with Crippen molar-refractivity contribution in [3.8, 4) is 0 Å². The molecule has 20 heavy (non-hydrogen) atoms. The van der Waals surface area contributed by atoms with Crippen molar-refractivity contribution >= 4 is 17.9 Å². The predicted molar refractivity (Wildman–Crippen MR) is 77.9 cm³/mol. The molecule has 0 saturated carbocycles. The van der Waals surface area contributed by atoms with Crippen molar-refractivity contribution in [1.29, 1.82) is 0 Å². The lowest BCUT2D eigenvalue weighted by atomic mass is 10.1. The van der Waals surface area contributed by atoms with Gasteiger partial charge in [0.05, 0.1) is 18.0 Å². The van der Waals surface area contributed by atoms with Gasteiger partial charge in [-0.2, -0.15) is 5.21 Å². The van der Waals surface area contributed by atoms with Crippen LogP contribution in [0.2, 0.25) is 0 Å². The molecule has 106 valence electrons. The van der Waals surface area contributed by atoms with E-state index < -0.39 is 0 Å². The number of nitrogens with zero attached hydrogens (tertiary/aromatic N) is 5. The number of hydrogen-bond acceptors (Lipinski definition) is 4. The molecule has 0 fully saturated rings. The molecule has 0 aromatic carbocycles. The number of aromatic nitrogens is 6. The van der Waals surface area contributed by atoms with E-state index in [0.29, 0.717) is 0 Å². The molecule has 0 spiro atoms. The van der Waals surface area contributed by atoms with Crippen molar-refractivity contribution in [2.24, 2.45) is 0 Å². The summed E-state index contributed by atoms with van der Waals surface area (Å²) in [6, 6.07) is 6.33. The molecule has 3 heterocycles. The fraction of sp³-hybridized carbons (Fsp3) is 0.385. The summed E-state index contributed by atoms with van der Waals surface area (Å²) in [4.78, 5) is 4.18. The number of H-pyrrole nitrogens is 1. The Kier molecular flexibility index (Phi) is 5.06. The lowest BCUT2D eigenvalue weighted by Gasteiger charge is -2.04. The van der Waals surface area contributed by atoms with Crippen LogP contribution in [-0.2, 0) is 12.8 Å². The van der Waals surface area contributed by atoms with E-state index in [0.717, 1.165) is 37.0 Å². The number of fused-ring (bicyclic) bond motifs is 1. The topological polar surface area (TPSA) is 71.8 Å². The molecule has 7 heteroatoms. The summed E-state index contributed by atoms with van der Waals surface area (Å²) in [5.74, 6) is 0.803. The number of rotatable bonds is 6. The predicted octanol–water partition coefficient (Wildman–Crippen LogP) is 2.22. The first-order valence-electron chi connectivity index (χ1n) is 6.56. The van der Waals surface area contributed by atoms with Crippen molar-refractivity contribution in [2.45, 2.75) is 32.1 Å². The fourth-order valence-corrected chi connectivity index (χ4v) is 2.26. The lowest BCUT2D eigenvalue weighted by Crippen LogP contribution is -1.96. The third-order valence-electron chi connectivity index (χ3n) is 3.25. The van der Waals surface area contributed by atoms with Crippen molar-refractivity contribution in [3.63, 3.8) is 0 Å². The van der Waals surface area contributed by atoms with Crippen LogP contribution in [0.5, 0.6) is 0 Å². The maximum absolute atomic E-state index is 4.18. The third kappa shape index (κ3) is 3.33. The first-order chi connectivity index (χ1) is 9.43. The number of halogens is 1. The standard InChI is InChI=1S/C13H16N6.ClH/c1(3-8-13-15-17-18-16-13)2-5-11-6-4-7-12-9-14-10-19(11)12;/h4,6-7,9-10H,1-3,5,8H2,(H,15,16,17,18);1H.